The van der Waals surface area contributed by atoms with E-state index in [2.05, 4.69) is 68.8 Å². The smallest absolute Gasteiger partial charge is 0.260 e. The quantitative estimate of drug-likeness (QED) is 0.209. The normalized spacial score (nSPS) is 13.2. The van der Waals surface area contributed by atoms with Gasteiger partial charge in [0, 0.05) is 50.8 Å². The van der Waals surface area contributed by atoms with Crippen molar-refractivity contribution in [1.29, 1.82) is 0 Å². The highest BCUT2D eigenvalue weighted by molar-refractivity contribution is 5.80. The maximum atomic E-state index is 13.3. The Morgan fingerprint density at radius 2 is 1.67 bits per heavy atom. The number of benzene rings is 3. The van der Waals surface area contributed by atoms with Crippen LogP contribution in [-0.2, 0) is 24.7 Å². The Kier molecular flexibility index (Phi) is 9.56. The highest BCUT2D eigenvalue weighted by atomic mass is 16.5. The lowest BCUT2D eigenvalue weighted by molar-refractivity contribution is -0.133. The monoisotopic (exact) mass is 620 g/mol. The fourth-order valence-electron chi connectivity index (χ4n) is 6.03. The van der Waals surface area contributed by atoms with E-state index in [0.29, 0.717) is 31.2 Å². The van der Waals surface area contributed by atoms with E-state index in [4.69, 9.17) is 14.6 Å². The molecule has 0 radical (unpaired) electrons. The molecule has 1 amide bonds. The predicted molar refractivity (Wildman–Crippen MR) is 177 cm³/mol. The van der Waals surface area contributed by atoms with E-state index in [9.17, 15) is 4.79 Å². The molecule has 0 bridgehead atoms. The molecule has 1 aliphatic rings. The number of para-hydroxylation sites is 2. The van der Waals surface area contributed by atoms with Gasteiger partial charge in [-0.15, -0.1) is 10.2 Å². The van der Waals surface area contributed by atoms with Crippen LogP contribution in [0.1, 0.15) is 36.6 Å². The molecule has 3 aromatic carbocycles. The summed E-state index contributed by atoms with van der Waals surface area (Å²) in [7, 11) is 3.58. The van der Waals surface area contributed by atoms with E-state index in [1.165, 1.54) is 0 Å². The molecular weight excluding hydrogens is 580 g/mol. The Balaban J connectivity index is 1.14. The molecule has 238 valence electrons. The van der Waals surface area contributed by atoms with Crippen LogP contribution in [0, 0.1) is 0 Å². The molecular formula is C35H40N8O3. The van der Waals surface area contributed by atoms with Crippen LogP contribution in [0.3, 0.4) is 0 Å². The lowest BCUT2D eigenvalue weighted by Gasteiger charge is -2.36. The highest BCUT2D eigenvalue weighted by Gasteiger charge is 2.25. The fraction of sp³-hybridized carbons (Fsp3) is 0.343. The Labute approximate surface area is 269 Å². The van der Waals surface area contributed by atoms with E-state index in [-0.39, 0.29) is 12.5 Å². The van der Waals surface area contributed by atoms with Crippen LogP contribution in [0.15, 0.2) is 72.8 Å². The Morgan fingerprint density at radius 1 is 0.935 bits per heavy atom. The number of nitrogens with one attached hydrogen (secondary N) is 1. The van der Waals surface area contributed by atoms with Crippen molar-refractivity contribution in [1.82, 2.24) is 35.3 Å². The number of unbranched alkanes of at least 4 members (excludes halogenated alkanes) is 1. The van der Waals surface area contributed by atoms with Crippen LogP contribution in [0.25, 0.3) is 22.5 Å². The molecule has 2 aromatic heterocycles. The minimum atomic E-state index is -0.0276. The molecule has 0 aliphatic carbocycles. The summed E-state index contributed by atoms with van der Waals surface area (Å²) in [5.41, 5.74) is 7.25. The van der Waals surface area contributed by atoms with Crippen molar-refractivity contribution in [2.24, 2.45) is 7.05 Å². The number of hydrogen-bond donors (Lipinski definition) is 1. The van der Waals surface area contributed by atoms with Crippen molar-refractivity contribution in [3.63, 3.8) is 0 Å². The molecule has 11 heteroatoms. The number of aromatic nitrogens is 6. The molecule has 0 unspecified atom stereocenters. The van der Waals surface area contributed by atoms with Gasteiger partial charge in [0.2, 0.25) is 11.7 Å². The van der Waals surface area contributed by atoms with Crippen LogP contribution < -0.4 is 14.4 Å². The zero-order valence-electron chi connectivity index (χ0n) is 26.6. The van der Waals surface area contributed by atoms with Gasteiger partial charge in [0.15, 0.2) is 6.61 Å². The molecule has 11 nitrogen and oxygen atoms in total. The van der Waals surface area contributed by atoms with E-state index in [0.717, 1.165) is 77.3 Å². The van der Waals surface area contributed by atoms with Crippen molar-refractivity contribution >= 4 is 11.6 Å². The van der Waals surface area contributed by atoms with Crippen LogP contribution in [-0.4, -0.2) is 81.1 Å². The molecule has 5 aromatic rings. The summed E-state index contributed by atoms with van der Waals surface area (Å²) in [6.07, 6.45) is 3.61. The molecule has 1 saturated heterocycles. The summed E-state index contributed by atoms with van der Waals surface area (Å²) in [5.74, 6) is 2.03. The number of piperazine rings is 1. The largest absolute Gasteiger partial charge is 0.495 e. The minimum Gasteiger partial charge on any atom is -0.495 e. The Bertz CT molecular complexity index is 1740. The molecule has 3 heterocycles. The maximum absolute atomic E-state index is 13.3. The molecule has 1 aliphatic heterocycles. The number of carbonyl (C=O) groups is 1. The van der Waals surface area contributed by atoms with Crippen molar-refractivity contribution < 1.29 is 14.3 Å². The van der Waals surface area contributed by atoms with E-state index in [1.54, 1.807) is 11.8 Å². The number of hydrogen-bond acceptors (Lipinski definition) is 8. The van der Waals surface area contributed by atoms with Crippen molar-refractivity contribution in [3.8, 4) is 34.1 Å². The van der Waals surface area contributed by atoms with Crippen molar-refractivity contribution in [2.45, 2.75) is 32.6 Å². The second-order valence-corrected chi connectivity index (χ2v) is 11.4. The Hall–Kier alpha value is -5.19. The lowest BCUT2D eigenvalue weighted by atomic mass is 9.96. The van der Waals surface area contributed by atoms with Gasteiger partial charge in [-0.25, -0.2) is 4.68 Å². The van der Waals surface area contributed by atoms with Crippen LogP contribution in [0.2, 0.25) is 0 Å². The Morgan fingerprint density at radius 3 is 2.39 bits per heavy atom. The summed E-state index contributed by atoms with van der Waals surface area (Å²) in [4.78, 5) is 17.4. The predicted octanol–water partition coefficient (Wildman–Crippen LogP) is 4.94. The van der Waals surface area contributed by atoms with Gasteiger partial charge in [0.1, 0.15) is 5.75 Å². The molecule has 1 N–H and O–H groups in total. The summed E-state index contributed by atoms with van der Waals surface area (Å²) in [5, 5.41) is 19.4. The van der Waals surface area contributed by atoms with Gasteiger partial charge in [-0.3, -0.25) is 4.79 Å². The number of anilines is 1. The first-order valence-corrected chi connectivity index (χ1v) is 15.8. The van der Waals surface area contributed by atoms with Gasteiger partial charge in [0.05, 0.1) is 18.5 Å². The first-order chi connectivity index (χ1) is 22.6. The van der Waals surface area contributed by atoms with Crippen LogP contribution in [0.4, 0.5) is 5.69 Å². The number of carbonyl (C=O) groups excluding carboxylic acids is 1. The number of rotatable bonds is 12. The van der Waals surface area contributed by atoms with Gasteiger partial charge in [-0.2, -0.15) is 10.3 Å². The van der Waals surface area contributed by atoms with Gasteiger partial charge in [-0.05, 0) is 46.9 Å². The zero-order chi connectivity index (χ0) is 31.9. The first kappa shape index (κ1) is 30.8. The lowest BCUT2D eigenvalue weighted by Crippen LogP contribution is -2.50. The number of ether oxygens (including phenoxy) is 2. The number of methoxy groups -OCH3 is 1. The summed E-state index contributed by atoms with van der Waals surface area (Å²) >= 11 is 0. The maximum Gasteiger partial charge on any atom is 0.260 e. The summed E-state index contributed by atoms with van der Waals surface area (Å²) in [6.45, 7) is 4.88. The van der Waals surface area contributed by atoms with Gasteiger partial charge < -0.3 is 19.3 Å². The second-order valence-electron chi connectivity index (χ2n) is 11.4. The van der Waals surface area contributed by atoms with Gasteiger partial charge in [0.25, 0.3) is 5.91 Å². The summed E-state index contributed by atoms with van der Waals surface area (Å²) < 4.78 is 13.6. The third-order valence-corrected chi connectivity index (χ3v) is 8.49. The molecule has 0 saturated carbocycles. The highest BCUT2D eigenvalue weighted by Crippen LogP contribution is 2.32. The van der Waals surface area contributed by atoms with Crippen molar-refractivity contribution in [2.75, 3.05) is 44.8 Å². The minimum absolute atomic E-state index is 0.0217. The third kappa shape index (κ3) is 6.73. The topological polar surface area (TPSA) is 114 Å². The zero-order valence-corrected chi connectivity index (χ0v) is 26.6. The van der Waals surface area contributed by atoms with Crippen molar-refractivity contribution in [3.05, 3.63) is 89.6 Å². The van der Waals surface area contributed by atoms with Gasteiger partial charge in [-0.1, -0.05) is 74.0 Å². The average molecular weight is 621 g/mol. The number of amides is 1. The summed E-state index contributed by atoms with van der Waals surface area (Å²) in [6, 6.07) is 24.5. The van der Waals surface area contributed by atoms with Crippen LogP contribution in [0.5, 0.6) is 11.6 Å². The number of tetrazole rings is 1. The number of nitrogens with zero attached hydrogens (tertiary/aromatic N) is 7. The van der Waals surface area contributed by atoms with E-state index >= 15 is 0 Å². The number of aryl methyl sites for hydroxylation is 2. The molecule has 1 fully saturated rings. The van der Waals surface area contributed by atoms with Gasteiger partial charge >= 0.3 is 0 Å². The van der Waals surface area contributed by atoms with Crippen LogP contribution >= 0.6 is 0 Å². The standard InChI is InChI=1S/C35H40N8O3/c1-4-5-12-30-29(23-25-15-17-26(18-16-25)27-10-6-7-11-28(27)34-36-39-40-37-34)35(41(2)38-30)46-24-33(44)43-21-19-42(20-22-43)31-13-8-9-14-32(31)45-3/h6-11,13-18H,4-5,12,19-24H2,1-3H3,(H,36,37,39,40). The SMILES string of the molecule is CCCCc1nn(C)c(OCC(=O)N2CCN(c3ccccc3OC)CC2)c1Cc1ccc(-c2ccccc2-c2nn[nH]n2)cc1. The van der Waals surface area contributed by atoms with E-state index < -0.39 is 0 Å². The molecule has 0 atom stereocenters. The average Bonchev–Trinajstić information content (AvgIpc) is 3.74. The third-order valence-electron chi connectivity index (χ3n) is 8.49. The van der Waals surface area contributed by atoms with E-state index in [1.807, 2.05) is 48.3 Å². The molecule has 46 heavy (non-hydrogen) atoms. The molecule has 0 spiro atoms. The first-order valence-electron chi connectivity index (χ1n) is 15.8. The number of H-pyrrole nitrogens is 1. The number of aromatic amines is 1. The molecule has 6 rings (SSSR count). The second kappa shape index (κ2) is 14.3. The fourth-order valence-corrected chi connectivity index (χ4v) is 6.03.